The Morgan fingerprint density at radius 3 is 2.76 bits per heavy atom. The summed E-state index contributed by atoms with van der Waals surface area (Å²) < 4.78 is 19.0. The average molecular weight is 255 g/mol. The minimum Gasteiger partial charge on any atom is -0.489 e. The van der Waals surface area contributed by atoms with Gasteiger partial charge in [-0.15, -0.1) is 0 Å². The van der Waals surface area contributed by atoms with Gasteiger partial charge in [-0.25, -0.2) is 4.39 Å². The molecule has 1 aliphatic rings. The number of ether oxygens (including phenoxy) is 1. The first-order valence-corrected chi connectivity index (χ1v) is 5.31. The summed E-state index contributed by atoms with van der Waals surface area (Å²) in [5.74, 6) is -1.92. The Labute approximate surface area is 102 Å². The SMILES string of the molecule is N#Cc1c(OC2CC2)cc(Cl)c(F)c1C(N)=O. The molecule has 2 rings (SSSR count). The number of benzene rings is 1. The molecule has 0 heterocycles. The third-order valence-corrected chi connectivity index (χ3v) is 2.63. The van der Waals surface area contributed by atoms with Crippen molar-refractivity contribution in [3.8, 4) is 11.8 Å². The van der Waals surface area contributed by atoms with Gasteiger partial charge in [-0.2, -0.15) is 5.26 Å². The summed E-state index contributed by atoms with van der Waals surface area (Å²) in [7, 11) is 0. The lowest BCUT2D eigenvalue weighted by Crippen LogP contribution is -2.16. The minimum atomic E-state index is -1.04. The monoisotopic (exact) mass is 254 g/mol. The standard InChI is InChI=1S/C11H8ClFN2O2/c12-7-3-8(17-5-1-2-5)6(4-14)9(10(7)13)11(15)16/h3,5H,1-2H2,(H2,15,16). The first-order valence-electron chi connectivity index (χ1n) is 4.93. The summed E-state index contributed by atoms with van der Waals surface area (Å²) >= 11 is 5.62. The summed E-state index contributed by atoms with van der Waals surface area (Å²) in [6.07, 6.45) is 1.74. The molecule has 2 N–H and O–H groups in total. The second-order valence-corrected chi connectivity index (χ2v) is 4.12. The number of amides is 1. The molecule has 1 aliphatic carbocycles. The van der Waals surface area contributed by atoms with Crippen LogP contribution in [0.15, 0.2) is 6.07 Å². The molecule has 1 fully saturated rings. The minimum absolute atomic E-state index is 0.00403. The van der Waals surface area contributed by atoms with Gasteiger partial charge in [-0.1, -0.05) is 11.6 Å². The topological polar surface area (TPSA) is 76.1 Å². The molecule has 0 radical (unpaired) electrons. The normalized spacial score (nSPS) is 14.2. The van der Waals surface area contributed by atoms with Crippen LogP contribution in [0.25, 0.3) is 0 Å². The molecular weight excluding hydrogens is 247 g/mol. The fraction of sp³-hybridized carbons (Fsp3) is 0.273. The number of hydrogen-bond acceptors (Lipinski definition) is 3. The molecule has 0 spiro atoms. The largest absolute Gasteiger partial charge is 0.489 e. The van der Waals surface area contributed by atoms with Crippen molar-refractivity contribution in [3.05, 3.63) is 28.0 Å². The highest BCUT2D eigenvalue weighted by atomic mass is 35.5. The fourth-order valence-electron chi connectivity index (χ4n) is 1.40. The van der Waals surface area contributed by atoms with E-state index in [1.807, 2.05) is 0 Å². The Kier molecular flexibility index (Phi) is 2.90. The van der Waals surface area contributed by atoms with Gasteiger partial charge in [0.25, 0.3) is 5.91 Å². The van der Waals surface area contributed by atoms with Gasteiger partial charge >= 0.3 is 0 Å². The molecule has 1 amide bonds. The lowest BCUT2D eigenvalue weighted by molar-refractivity contribution is 0.0995. The van der Waals surface area contributed by atoms with E-state index in [-0.39, 0.29) is 22.4 Å². The third kappa shape index (κ3) is 2.17. The van der Waals surface area contributed by atoms with Crippen LogP contribution in [-0.4, -0.2) is 12.0 Å². The van der Waals surface area contributed by atoms with Gasteiger partial charge in [0.05, 0.1) is 16.7 Å². The van der Waals surface area contributed by atoms with Gasteiger partial charge in [0.2, 0.25) is 0 Å². The molecule has 1 saturated carbocycles. The van der Waals surface area contributed by atoms with Gasteiger partial charge in [0.1, 0.15) is 17.4 Å². The molecule has 4 nitrogen and oxygen atoms in total. The van der Waals surface area contributed by atoms with E-state index in [1.165, 1.54) is 6.07 Å². The van der Waals surface area contributed by atoms with Crippen LogP contribution in [0, 0.1) is 17.1 Å². The summed E-state index contributed by atoms with van der Waals surface area (Å²) in [5.41, 5.74) is 4.31. The zero-order valence-corrected chi connectivity index (χ0v) is 9.42. The van der Waals surface area contributed by atoms with Crippen molar-refractivity contribution in [2.24, 2.45) is 5.73 Å². The number of hydrogen-bond donors (Lipinski definition) is 1. The third-order valence-electron chi connectivity index (χ3n) is 2.36. The molecule has 0 unspecified atom stereocenters. The van der Waals surface area contributed by atoms with Crippen molar-refractivity contribution in [3.63, 3.8) is 0 Å². The van der Waals surface area contributed by atoms with Crippen LogP contribution in [0.2, 0.25) is 5.02 Å². The van der Waals surface area contributed by atoms with Crippen molar-refractivity contribution in [2.75, 3.05) is 0 Å². The first kappa shape index (κ1) is 11.7. The van der Waals surface area contributed by atoms with Gasteiger partial charge in [0.15, 0.2) is 5.82 Å². The van der Waals surface area contributed by atoms with E-state index in [0.29, 0.717) is 0 Å². The summed E-state index contributed by atoms with van der Waals surface area (Å²) in [6, 6.07) is 2.92. The number of nitriles is 1. The molecule has 0 aliphatic heterocycles. The van der Waals surface area contributed by atoms with Crippen LogP contribution in [-0.2, 0) is 0 Å². The smallest absolute Gasteiger partial charge is 0.253 e. The number of carbonyl (C=O) groups excluding carboxylic acids is 1. The highest BCUT2D eigenvalue weighted by Gasteiger charge is 2.28. The highest BCUT2D eigenvalue weighted by molar-refractivity contribution is 6.31. The Morgan fingerprint density at radius 2 is 2.29 bits per heavy atom. The van der Waals surface area contributed by atoms with Gasteiger partial charge in [0, 0.05) is 6.07 Å². The molecule has 0 aromatic heterocycles. The fourth-order valence-corrected chi connectivity index (χ4v) is 1.60. The molecular formula is C11H8ClFN2O2. The van der Waals surface area contributed by atoms with Crippen LogP contribution in [0.5, 0.6) is 5.75 Å². The number of nitrogens with two attached hydrogens (primary N) is 1. The molecule has 0 bridgehead atoms. The second kappa shape index (κ2) is 4.22. The average Bonchev–Trinajstić information content (AvgIpc) is 3.06. The van der Waals surface area contributed by atoms with Crippen LogP contribution >= 0.6 is 11.6 Å². The van der Waals surface area contributed by atoms with E-state index in [4.69, 9.17) is 27.3 Å². The molecule has 1 aromatic rings. The number of halogens is 2. The maximum absolute atomic E-state index is 13.6. The van der Waals surface area contributed by atoms with E-state index < -0.39 is 17.3 Å². The van der Waals surface area contributed by atoms with Crippen LogP contribution in [0.3, 0.4) is 0 Å². The van der Waals surface area contributed by atoms with Crippen molar-refractivity contribution in [1.82, 2.24) is 0 Å². The number of primary amides is 1. The predicted octanol–water partition coefficient (Wildman–Crippen LogP) is 1.99. The van der Waals surface area contributed by atoms with Crippen LogP contribution in [0.4, 0.5) is 4.39 Å². The number of rotatable bonds is 3. The maximum Gasteiger partial charge on any atom is 0.253 e. The maximum atomic E-state index is 13.6. The summed E-state index contributed by atoms with van der Waals surface area (Å²) in [5, 5.41) is 8.67. The van der Waals surface area contributed by atoms with Crippen molar-refractivity contribution in [2.45, 2.75) is 18.9 Å². The second-order valence-electron chi connectivity index (χ2n) is 3.71. The first-order chi connectivity index (χ1) is 8.04. The van der Waals surface area contributed by atoms with E-state index in [9.17, 15) is 9.18 Å². The van der Waals surface area contributed by atoms with E-state index in [0.717, 1.165) is 12.8 Å². The van der Waals surface area contributed by atoms with Crippen molar-refractivity contribution < 1.29 is 13.9 Å². The van der Waals surface area contributed by atoms with Crippen LogP contribution < -0.4 is 10.5 Å². The lowest BCUT2D eigenvalue weighted by Gasteiger charge is -2.10. The van der Waals surface area contributed by atoms with E-state index in [1.54, 1.807) is 6.07 Å². The molecule has 17 heavy (non-hydrogen) atoms. The Hall–Kier alpha value is -1.80. The summed E-state index contributed by atoms with van der Waals surface area (Å²) in [6.45, 7) is 0. The lowest BCUT2D eigenvalue weighted by atomic mass is 10.1. The zero-order chi connectivity index (χ0) is 12.6. The van der Waals surface area contributed by atoms with Gasteiger partial charge in [-0.3, -0.25) is 4.79 Å². The predicted molar refractivity (Wildman–Crippen MR) is 58.3 cm³/mol. The number of nitrogens with zero attached hydrogens (tertiary/aromatic N) is 1. The van der Waals surface area contributed by atoms with Crippen LogP contribution in [0.1, 0.15) is 28.8 Å². The van der Waals surface area contributed by atoms with Gasteiger partial charge < -0.3 is 10.5 Å². The number of carbonyl (C=O) groups is 1. The Bertz CT molecular complexity index is 535. The molecule has 1 aromatic carbocycles. The van der Waals surface area contributed by atoms with Crippen molar-refractivity contribution in [1.29, 1.82) is 5.26 Å². The van der Waals surface area contributed by atoms with Gasteiger partial charge in [-0.05, 0) is 12.8 Å². The summed E-state index contributed by atoms with van der Waals surface area (Å²) in [4.78, 5) is 11.1. The molecule has 0 atom stereocenters. The van der Waals surface area contributed by atoms with Crippen molar-refractivity contribution >= 4 is 17.5 Å². The highest BCUT2D eigenvalue weighted by Crippen LogP contribution is 2.34. The zero-order valence-electron chi connectivity index (χ0n) is 8.67. The van der Waals surface area contributed by atoms with E-state index >= 15 is 0 Å². The molecule has 0 saturated heterocycles. The quantitative estimate of drug-likeness (QED) is 0.896. The Morgan fingerprint density at radius 1 is 1.65 bits per heavy atom. The molecule has 88 valence electrons. The Balaban J connectivity index is 2.59. The van der Waals surface area contributed by atoms with E-state index in [2.05, 4.69) is 0 Å². The molecule has 6 heteroatoms.